The highest BCUT2D eigenvalue weighted by Crippen LogP contribution is 2.31. The molecule has 4 nitrogen and oxygen atoms in total. The van der Waals surface area contributed by atoms with Crippen LogP contribution >= 0.6 is 0 Å². The van der Waals surface area contributed by atoms with Crippen LogP contribution in [0.5, 0.6) is 0 Å². The van der Waals surface area contributed by atoms with Gasteiger partial charge in [0.2, 0.25) is 11.8 Å². The summed E-state index contributed by atoms with van der Waals surface area (Å²) in [7, 11) is 0. The number of likely N-dealkylation sites (tertiary alicyclic amines) is 1. The standard InChI is InChI=1S/C21H21F3N2O2/c22-21(23,24)18-9-5-4-8-16(18)13-25-20(28)17-12-19(27)26(14-17)11-10-15-6-2-1-3-7-15/h1-9,17H,10-14H2,(H,25,28). The maximum Gasteiger partial charge on any atom is 0.416 e. The van der Waals surface area contributed by atoms with E-state index in [1.54, 1.807) is 4.90 Å². The number of alkyl halides is 3. The Hall–Kier alpha value is -2.83. The van der Waals surface area contributed by atoms with Crippen LogP contribution in [0.15, 0.2) is 54.6 Å². The summed E-state index contributed by atoms with van der Waals surface area (Å²) in [5.41, 5.74) is 0.350. The van der Waals surface area contributed by atoms with Gasteiger partial charge in [0.05, 0.1) is 11.5 Å². The molecule has 1 N–H and O–H groups in total. The van der Waals surface area contributed by atoms with Crippen molar-refractivity contribution in [3.8, 4) is 0 Å². The summed E-state index contributed by atoms with van der Waals surface area (Å²) in [5.74, 6) is -1.04. The Kier molecular flexibility index (Phi) is 6.02. The van der Waals surface area contributed by atoms with Crippen LogP contribution in [0.3, 0.4) is 0 Å². The fraction of sp³-hybridized carbons (Fsp3) is 0.333. The number of rotatable bonds is 6. The second-order valence-corrected chi connectivity index (χ2v) is 6.85. The molecule has 0 aliphatic carbocycles. The van der Waals surface area contributed by atoms with E-state index >= 15 is 0 Å². The average molecular weight is 390 g/mol. The Balaban J connectivity index is 1.54. The van der Waals surface area contributed by atoms with Gasteiger partial charge in [0.25, 0.3) is 0 Å². The molecule has 0 bridgehead atoms. The molecule has 3 rings (SSSR count). The van der Waals surface area contributed by atoms with Crippen molar-refractivity contribution in [1.82, 2.24) is 10.2 Å². The zero-order chi connectivity index (χ0) is 20.1. The lowest BCUT2D eigenvalue weighted by Gasteiger charge is -2.17. The highest BCUT2D eigenvalue weighted by atomic mass is 19.4. The Morgan fingerprint density at radius 3 is 2.46 bits per heavy atom. The van der Waals surface area contributed by atoms with Gasteiger partial charge in [0.1, 0.15) is 0 Å². The van der Waals surface area contributed by atoms with Crippen molar-refractivity contribution in [2.75, 3.05) is 13.1 Å². The molecule has 28 heavy (non-hydrogen) atoms. The van der Waals surface area contributed by atoms with E-state index in [4.69, 9.17) is 0 Å². The fourth-order valence-electron chi connectivity index (χ4n) is 3.35. The summed E-state index contributed by atoms with van der Waals surface area (Å²) >= 11 is 0. The summed E-state index contributed by atoms with van der Waals surface area (Å²) in [4.78, 5) is 26.2. The molecule has 0 spiro atoms. The summed E-state index contributed by atoms with van der Waals surface area (Å²) in [6, 6.07) is 14.9. The Labute approximate surface area is 161 Å². The number of nitrogens with one attached hydrogen (secondary N) is 1. The van der Waals surface area contributed by atoms with Crippen molar-refractivity contribution in [2.45, 2.75) is 25.6 Å². The van der Waals surface area contributed by atoms with E-state index in [0.717, 1.165) is 11.6 Å². The van der Waals surface area contributed by atoms with Crippen molar-refractivity contribution in [3.63, 3.8) is 0 Å². The number of hydrogen-bond donors (Lipinski definition) is 1. The number of halogens is 3. The quantitative estimate of drug-likeness (QED) is 0.822. The SMILES string of the molecule is O=C(NCc1ccccc1C(F)(F)F)C1CC(=O)N(CCc2ccccc2)C1. The van der Waals surface area contributed by atoms with Gasteiger partial charge in [-0.3, -0.25) is 9.59 Å². The molecule has 2 aromatic carbocycles. The molecular formula is C21H21F3N2O2. The van der Waals surface area contributed by atoms with Crippen LogP contribution < -0.4 is 5.32 Å². The largest absolute Gasteiger partial charge is 0.416 e. The van der Waals surface area contributed by atoms with Gasteiger partial charge >= 0.3 is 6.18 Å². The summed E-state index contributed by atoms with van der Waals surface area (Å²) in [5, 5.41) is 2.55. The molecule has 2 aromatic rings. The minimum Gasteiger partial charge on any atom is -0.352 e. The van der Waals surface area contributed by atoms with Crippen LogP contribution in [0.4, 0.5) is 13.2 Å². The second kappa shape index (κ2) is 8.46. The molecule has 1 fully saturated rings. The van der Waals surface area contributed by atoms with Crippen LogP contribution in [0.2, 0.25) is 0 Å². The van der Waals surface area contributed by atoms with Gasteiger partial charge in [-0.25, -0.2) is 0 Å². The molecule has 1 atom stereocenters. The van der Waals surface area contributed by atoms with Crippen LogP contribution in [0.1, 0.15) is 23.1 Å². The first-order chi connectivity index (χ1) is 13.3. The van der Waals surface area contributed by atoms with Crippen molar-refractivity contribution in [2.24, 2.45) is 5.92 Å². The van der Waals surface area contributed by atoms with Crippen molar-refractivity contribution in [1.29, 1.82) is 0 Å². The smallest absolute Gasteiger partial charge is 0.352 e. The minimum atomic E-state index is -4.47. The van der Waals surface area contributed by atoms with Gasteiger partial charge in [0.15, 0.2) is 0 Å². The number of benzene rings is 2. The van der Waals surface area contributed by atoms with Gasteiger partial charge < -0.3 is 10.2 Å². The molecule has 0 radical (unpaired) electrons. The van der Waals surface area contributed by atoms with E-state index in [1.165, 1.54) is 18.2 Å². The molecular weight excluding hydrogens is 369 g/mol. The van der Waals surface area contributed by atoms with E-state index in [9.17, 15) is 22.8 Å². The van der Waals surface area contributed by atoms with Crippen molar-refractivity contribution in [3.05, 3.63) is 71.3 Å². The molecule has 0 saturated carbocycles. The van der Waals surface area contributed by atoms with Crippen molar-refractivity contribution < 1.29 is 22.8 Å². The normalized spacial score (nSPS) is 17.0. The van der Waals surface area contributed by atoms with Gasteiger partial charge in [-0.1, -0.05) is 48.5 Å². The molecule has 1 unspecified atom stereocenters. The lowest BCUT2D eigenvalue weighted by Crippen LogP contribution is -2.33. The molecule has 1 saturated heterocycles. The van der Waals surface area contributed by atoms with E-state index in [0.29, 0.717) is 19.5 Å². The number of carbonyl (C=O) groups excluding carboxylic acids is 2. The van der Waals surface area contributed by atoms with Gasteiger partial charge in [-0.2, -0.15) is 13.2 Å². The van der Waals surface area contributed by atoms with E-state index in [-0.39, 0.29) is 24.4 Å². The molecule has 0 aromatic heterocycles. The number of nitrogens with zero attached hydrogens (tertiary/aromatic N) is 1. The molecule has 2 amide bonds. The second-order valence-electron chi connectivity index (χ2n) is 6.85. The van der Waals surface area contributed by atoms with Crippen LogP contribution in [0.25, 0.3) is 0 Å². The summed E-state index contributed by atoms with van der Waals surface area (Å²) in [6.07, 6.45) is -3.69. The Morgan fingerprint density at radius 2 is 1.75 bits per heavy atom. The monoisotopic (exact) mass is 390 g/mol. The third-order valence-electron chi connectivity index (χ3n) is 4.87. The van der Waals surface area contributed by atoms with Gasteiger partial charge in [-0.15, -0.1) is 0 Å². The van der Waals surface area contributed by atoms with Crippen LogP contribution in [-0.2, 0) is 28.7 Å². The van der Waals surface area contributed by atoms with Gasteiger partial charge in [-0.05, 0) is 23.6 Å². The summed E-state index contributed by atoms with van der Waals surface area (Å²) in [6.45, 7) is 0.588. The van der Waals surface area contributed by atoms with Crippen LogP contribution in [0, 0.1) is 5.92 Å². The minimum absolute atomic E-state index is 0.00797. The Morgan fingerprint density at radius 1 is 1.07 bits per heavy atom. The van der Waals surface area contributed by atoms with Gasteiger partial charge in [0, 0.05) is 26.1 Å². The average Bonchev–Trinajstić information content (AvgIpc) is 3.05. The van der Waals surface area contributed by atoms with Crippen LogP contribution in [-0.4, -0.2) is 29.8 Å². The third kappa shape index (κ3) is 4.91. The highest BCUT2D eigenvalue weighted by molar-refractivity contribution is 5.89. The van der Waals surface area contributed by atoms with E-state index in [1.807, 2.05) is 30.3 Å². The zero-order valence-corrected chi connectivity index (χ0v) is 15.2. The van der Waals surface area contributed by atoms with E-state index < -0.39 is 23.6 Å². The summed E-state index contributed by atoms with van der Waals surface area (Å²) < 4.78 is 39.1. The topological polar surface area (TPSA) is 49.4 Å². The predicted molar refractivity (Wildman–Crippen MR) is 98.1 cm³/mol. The Bertz CT molecular complexity index is 837. The number of carbonyl (C=O) groups is 2. The number of amides is 2. The third-order valence-corrected chi connectivity index (χ3v) is 4.87. The molecule has 1 aliphatic rings. The molecule has 7 heteroatoms. The highest BCUT2D eigenvalue weighted by Gasteiger charge is 2.35. The lowest BCUT2D eigenvalue weighted by atomic mass is 10.1. The first-order valence-corrected chi connectivity index (χ1v) is 9.09. The first kappa shape index (κ1) is 19.9. The maximum atomic E-state index is 13.0. The fourth-order valence-corrected chi connectivity index (χ4v) is 3.35. The first-order valence-electron chi connectivity index (χ1n) is 9.09. The maximum absolute atomic E-state index is 13.0. The number of hydrogen-bond acceptors (Lipinski definition) is 2. The molecule has 1 aliphatic heterocycles. The molecule has 1 heterocycles. The van der Waals surface area contributed by atoms with Crippen molar-refractivity contribution >= 4 is 11.8 Å². The lowest BCUT2D eigenvalue weighted by molar-refractivity contribution is -0.138. The van der Waals surface area contributed by atoms with E-state index in [2.05, 4.69) is 5.32 Å². The molecule has 148 valence electrons. The predicted octanol–water partition coefficient (Wildman–Crippen LogP) is 3.41. The zero-order valence-electron chi connectivity index (χ0n) is 15.2.